The Morgan fingerprint density at radius 2 is 2.13 bits per heavy atom. The van der Waals surface area contributed by atoms with Crippen LogP contribution in [0.4, 0.5) is 23.8 Å². The fourth-order valence-corrected chi connectivity index (χ4v) is 3.76. The second-order valence-corrected chi connectivity index (χ2v) is 7.11. The summed E-state index contributed by atoms with van der Waals surface area (Å²) in [4.78, 5) is 32.5. The smallest absolute Gasteiger partial charge is 0.405 e. The highest BCUT2D eigenvalue weighted by Crippen LogP contribution is 2.36. The maximum atomic E-state index is 13.0. The number of aromatic nitrogens is 1. The standard InChI is InChI=1S/C18H19F3N6O3/c19-18(20,21)9-23-16(29)11-7-12(28)14-15(24-11)27(10-4-6-26(14)8-10)17(30)25-13-3-1-2-5-22-13/h1-3,5,7,10-11,24,28H,4,6,8-9H2,(H,23,29)(H,22,25,30)/t10-,11?/m0/s1. The molecule has 4 N–H and O–H groups in total. The molecule has 160 valence electrons. The number of fused-ring (bicyclic) bond motifs is 3. The van der Waals surface area contributed by atoms with E-state index in [0.29, 0.717) is 31.0 Å². The topological polar surface area (TPSA) is 110 Å². The minimum absolute atomic E-state index is 0.171. The van der Waals surface area contributed by atoms with Gasteiger partial charge >= 0.3 is 12.2 Å². The third-order valence-corrected chi connectivity index (χ3v) is 5.03. The molecule has 0 aliphatic carbocycles. The number of hydrogen-bond acceptors (Lipinski definition) is 6. The molecule has 1 saturated heterocycles. The molecule has 3 amide bonds. The quantitative estimate of drug-likeness (QED) is 0.582. The lowest BCUT2D eigenvalue weighted by molar-refractivity contribution is -0.139. The number of aliphatic hydroxyl groups is 1. The Labute approximate surface area is 169 Å². The van der Waals surface area contributed by atoms with Crippen LogP contribution in [0.15, 0.2) is 47.7 Å². The van der Waals surface area contributed by atoms with E-state index in [1.54, 1.807) is 23.5 Å². The molecule has 30 heavy (non-hydrogen) atoms. The highest BCUT2D eigenvalue weighted by atomic mass is 19.4. The Bertz CT molecular complexity index is 917. The van der Waals surface area contributed by atoms with E-state index in [0.717, 1.165) is 6.08 Å². The van der Waals surface area contributed by atoms with Gasteiger partial charge in [0.25, 0.3) is 0 Å². The van der Waals surface area contributed by atoms with Gasteiger partial charge in [-0.2, -0.15) is 13.2 Å². The molecule has 1 aromatic rings. The van der Waals surface area contributed by atoms with E-state index < -0.39 is 30.7 Å². The van der Waals surface area contributed by atoms with Gasteiger partial charge in [0, 0.05) is 19.3 Å². The first kappa shape index (κ1) is 19.9. The van der Waals surface area contributed by atoms with Crippen molar-refractivity contribution in [3.05, 3.63) is 47.7 Å². The SMILES string of the molecule is O=C(NCC(F)(F)F)C1C=C(O)C2=C(N1)N(C(=O)Nc1ccccn1)[C@H]1CCN2C1. The van der Waals surface area contributed by atoms with Crippen molar-refractivity contribution in [2.75, 3.05) is 25.0 Å². The third kappa shape index (κ3) is 3.84. The van der Waals surface area contributed by atoms with Gasteiger partial charge in [-0.25, -0.2) is 9.78 Å². The van der Waals surface area contributed by atoms with Crippen LogP contribution in [0.2, 0.25) is 0 Å². The molecule has 1 fully saturated rings. The number of nitrogens with one attached hydrogen (secondary N) is 3. The van der Waals surface area contributed by atoms with Crippen molar-refractivity contribution >= 4 is 17.8 Å². The fraction of sp³-hybridized carbons (Fsp3) is 0.389. The Kier molecular flexibility index (Phi) is 4.92. The Morgan fingerprint density at radius 3 is 2.83 bits per heavy atom. The summed E-state index contributed by atoms with van der Waals surface area (Å²) in [5.41, 5.74) is 0.333. The number of nitrogens with zero attached hydrogens (tertiary/aromatic N) is 3. The fourth-order valence-electron chi connectivity index (χ4n) is 3.76. The molecule has 12 heteroatoms. The van der Waals surface area contributed by atoms with Gasteiger partial charge < -0.3 is 20.6 Å². The second kappa shape index (κ2) is 7.43. The molecule has 2 atom stereocenters. The molecule has 0 spiro atoms. The number of anilines is 1. The average molecular weight is 424 g/mol. The number of rotatable bonds is 3. The number of hydrogen-bond donors (Lipinski definition) is 4. The van der Waals surface area contributed by atoms with Crippen molar-refractivity contribution in [2.24, 2.45) is 0 Å². The number of aliphatic hydroxyl groups excluding tert-OH is 1. The van der Waals surface area contributed by atoms with E-state index in [9.17, 15) is 27.9 Å². The van der Waals surface area contributed by atoms with Gasteiger partial charge in [0.2, 0.25) is 5.91 Å². The van der Waals surface area contributed by atoms with Crippen LogP contribution in [0.5, 0.6) is 0 Å². The van der Waals surface area contributed by atoms with Gasteiger partial charge in [-0.3, -0.25) is 15.0 Å². The van der Waals surface area contributed by atoms with Crippen LogP contribution in [0.1, 0.15) is 6.42 Å². The summed E-state index contributed by atoms with van der Waals surface area (Å²) in [6.45, 7) is -0.427. The third-order valence-electron chi connectivity index (χ3n) is 5.03. The molecule has 1 aromatic heterocycles. The molecule has 4 rings (SSSR count). The summed E-state index contributed by atoms with van der Waals surface area (Å²) in [6.07, 6.45) is -1.28. The number of halogens is 3. The zero-order valence-electron chi connectivity index (χ0n) is 15.6. The molecule has 2 bridgehead atoms. The van der Waals surface area contributed by atoms with Crippen molar-refractivity contribution in [1.29, 1.82) is 0 Å². The van der Waals surface area contributed by atoms with Crippen LogP contribution in [0.3, 0.4) is 0 Å². The van der Waals surface area contributed by atoms with E-state index in [1.807, 2.05) is 4.90 Å². The molecular formula is C18H19F3N6O3. The highest BCUT2D eigenvalue weighted by molar-refractivity contribution is 5.91. The van der Waals surface area contributed by atoms with Crippen molar-refractivity contribution in [3.8, 4) is 0 Å². The van der Waals surface area contributed by atoms with Crippen LogP contribution in [0.25, 0.3) is 0 Å². The lowest BCUT2D eigenvalue weighted by atomic mass is 10.1. The maximum absolute atomic E-state index is 13.0. The number of carbonyl (C=O) groups is 2. The Balaban J connectivity index is 1.58. The van der Waals surface area contributed by atoms with Crippen LogP contribution in [0, 0.1) is 0 Å². The van der Waals surface area contributed by atoms with Crippen molar-refractivity contribution in [1.82, 2.24) is 25.4 Å². The number of amides is 3. The molecule has 3 aliphatic rings. The summed E-state index contributed by atoms with van der Waals surface area (Å²) in [5.74, 6) is -0.750. The summed E-state index contributed by atoms with van der Waals surface area (Å²) in [6, 6.07) is 2.98. The molecule has 3 aliphatic heterocycles. The lowest BCUT2D eigenvalue weighted by Gasteiger charge is -2.41. The number of dihydropyridines is 1. The molecule has 1 unspecified atom stereocenters. The van der Waals surface area contributed by atoms with E-state index in [4.69, 9.17) is 0 Å². The van der Waals surface area contributed by atoms with Crippen molar-refractivity contribution in [2.45, 2.75) is 24.7 Å². The molecule has 0 saturated carbocycles. The lowest BCUT2D eigenvalue weighted by Crippen LogP contribution is -2.57. The van der Waals surface area contributed by atoms with Gasteiger partial charge in [0.05, 0.1) is 6.04 Å². The van der Waals surface area contributed by atoms with Crippen LogP contribution >= 0.6 is 0 Å². The first-order chi connectivity index (χ1) is 14.2. The van der Waals surface area contributed by atoms with Gasteiger partial charge in [0.1, 0.15) is 35.7 Å². The minimum Gasteiger partial charge on any atom is -0.506 e. The normalized spacial score (nSPS) is 22.8. The van der Waals surface area contributed by atoms with E-state index in [-0.39, 0.29) is 17.6 Å². The predicted molar refractivity (Wildman–Crippen MR) is 98.8 cm³/mol. The van der Waals surface area contributed by atoms with Gasteiger partial charge in [0.15, 0.2) is 0 Å². The van der Waals surface area contributed by atoms with Crippen LogP contribution < -0.4 is 16.0 Å². The largest absolute Gasteiger partial charge is 0.506 e. The number of pyridine rings is 1. The molecule has 4 heterocycles. The van der Waals surface area contributed by atoms with E-state index in [2.05, 4.69) is 15.6 Å². The zero-order valence-corrected chi connectivity index (χ0v) is 15.6. The number of carbonyl (C=O) groups excluding carboxylic acids is 2. The number of urea groups is 1. The molecule has 0 radical (unpaired) electrons. The van der Waals surface area contributed by atoms with E-state index >= 15 is 0 Å². The van der Waals surface area contributed by atoms with Crippen LogP contribution in [-0.2, 0) is 4.79 Å². The van der Waals surface area contributed by atoms with Crippen molar-refractivity contribution in [3.63, 3.8) is 0 Å². The summed E-state index contributed by atoms with van der Waals surface area (Å²) < 4.78 is 37.3. The first-order valence-electron chi connectivity index (χ1n) is 9.25. The average Bonchev–Trinajstić information content (AvgIpc) is 3.09. The molecule has 9 nitrogen and oxygen atoms in total. The molecular weight excluding hydrogens is 405 g/mol. The Hall–Kier alpha value is -3.44. The summed E-state index contributed by atoms with van der Waals surface area (Å²) in [5, 5.41) is 17.8. The van der Waals surface area contributed by atoms with Gasteiger partial charge in [-0.15, -0.1) is 0 Å². The summed E-state index contributed by atoms with van der Waals surface area (Å²) >= 11 is 0. The van der Waals surface area contributed by atoms with Crippen LogP contribution in [-0.4, -0.2) is 69.7 Å². The predicted octanol–water partition coefficient (Wildman–Crippen LogP) is 1.26. The molecule has 0 aromatic carbocycles. The first-order valence-corrected chi connectivity index (χ1v) is 9.25. The van der Waals surface area contributed by atoms with E-state index in [1.165, 1.54) is 11.1 Å². The number of alkyl halides is 3. The minimum atomic E-state index is -4.56. The van der Waals surface area contributed by atoms with Gasteiger partial charge in [-0.05, 0) is 24.6 Å². The monoisotopic (exact) mass is 424 g/mol. The van der Waals surface area contributed by atoms with Gasteiger partial charge in [-0.1, -0.05) is 6.07 Å². The Morgan fingerprint density at radius 1 is 1.33 bits per heavy atom. The van der Waals surface area contributed by atoms with Crippen molar-refractivity contribution < 1.29 is 27.9 Å². The second-order valence-electron chi connectivity index (χ2n) is 7.11. The zero-order chi connectivity index (χ0) is 21.5. The highest BCUT2D eigenvalue weighted by Gasteiger charge is 2.45. The maximum Gasteiger partial charge on any atom is 0.405 e. The summed E-state index contributed by atoms with van der Waals surface area (Å²) in [7, 11) is 0.